The molecule has 0 rings (SSSR count). The van der Waals surface area contributed by atoms with Gasteiger partial charge < -0.3 is 4.90 Å². The van der Waals surface area contributed by atoms with Gasteiger partial charge in [0.05, 0.1) is 6.67 Å². The fourth-order valence-corrected chi connectivity index (χ4v) is 1.18. The molecule has 0 aromatic heterocycles. The van der Waals surface area contributed by atoms with Gasteiger partial charge in [0.15, 0.2) is 0 Å². The maximum absolute atomic E-state index is 11.6. The van der Waals surface area contributed by atoms with Gasteiger partial charge in [0, 0.05) is 18.8 Å². The van der Waals surface area contributed by atoms with Crippen molar-refractivity contribution in [2.24, 2.45) is 0 Å². The second-order valence-corrected chi connectivity index (χ2v) is 3.32. The van der Waals surface area contributed by atoms with Gasteiger partial charge in [-0.1, -0.05) is 0 Å². The molecular weight excluding hydrogens is 149 g/mol. The summed E-state index contributed by atoms with van der Waals surface area (Å²) in [5.41, 5.74) is 0. The molecule has 62 valence electrons. The molecule has 0 N–H and O–H groups in total. The molecule has 10 heavy (non-hydrogen) atoms. The number of hydrogen-bond acceptors (Lipinski definition) is 2. The van der Waals surface area contributed by atoms with E-state index in [1.807, 2.05) is 18.8 Å². The molecule has 0 amide bonds. The third kappa shape index (κ3) is 6.36. The first-order valence-corrected chi connectivity index (χ1v) is 4.94. The van der Waals surface area contributed by atoms with Crippen LogP contribution in [0.25, 0.3) is 0 Å². The molecule has 0 aromatic rings. The van der Waals surface area contributed by atoms with Crippen molar-refractivity contribution in [3.8, 4) is 0 Å². The van der Waals surface area contributed by atoms with E-state index in [0.717, 1.165) is 18.8 Å². The van der Waals surface area contributed by atoms with E-state index in [0.29, 0.717) is 6.42 Å². The van der Waals surface area contributed by atoms with E-state index < -0.39 is 0 Å². The summed E-state index contributed by atoms with van der Waals surface area (Å²) in [6.45, 7) is 1.77. The van der Waals surface area contributed by atoms with Crippen molar-refractivity contribution in [1.82, 2.24) is 4.90 Å². The lowest BCUT2D eigenvalue weighted by atomic mass is 10.4. The number of rotatable bonds is 6. The average Bonchev–Trinajstić information content (AvgIpc) is 1.97. The van der Waals surface area contributed by atoms with Gasteiger partial charge in [0.1, 0.15) is 0 Å². The van der Waals surface area contributed by atoms with Crippen LogP contribution in [0, 0.1) is 0 Å². The highest BCUT2D eigenvalue weighted by molar-refractivity contribution is 7.98. The molecule has 1 nitrogen and oxygen atoms in total. The van der Waals surface area contributed by atoms with Crippen molar-refractivity contribution in [3.63, 3.8) is 0 Å². The zero-order valence-corrected chi connectivity index (χ0v) is 7.59. The van der Waals surface area contributed by atoms with Gasteiger partial charge in [-0.3, -0.25) is 4.39 Å². The molecule has 0 bridgehead atoms. The van der Waals surface area contributed by atoms with Crippen molar-refractivity contribution in [1.29, 1.82) is 0 Å². The van der Waals surface area contributed by atoms with Gasteiger partial charge in [-0.05, 0) is 19.7 Å². The largest absolute Gasteiger partial charge is 0.305 e. The molecule has 0 aromatic carbocycles. The second-order valence-electron chi connectivity index (χ2n) is 2.34. The molecule has 0 fully saturated rings. The molecule has 0 spiro atoms. The topological polar surface area (TPSA) is 3.24 Å². The predicted octanol–water partition coefficient (Wildman–Crippen LogP) is 1.64. The lowest BCUT2D eigenvalue weighted by Crippen LogP contribution is -2.22. The number of hydrogen-bond donors (Lipinski definition) is 0. The van der Waals surface area contributed by atoms with Crippen molar-refractivity contribution in [3.05, 3.63) is 0 Å². The van der Waals surface area contributed by atoms with Crippen LogP contribution in [-0.2, 0) is 0 Å². The van der Waals surface area contributed by atoms with E-state index in [1.54, 1.807) is 0 Å². The highest BCUT2D eigenvalue weighted by Crippen LogP contribution is 1.94. The Morgan fingerprint density at radius 2 is 2.10 bits per heavy atom. The first-order valence-electron chi connectivity index (χ1n) is 3.54. The van der Waals surface area contributed by atoms with Crippen molar-refractivity contribution >= 4 is 11.8 Å². The Bertz CT molecular complexity index is 62.6. The molecule has 0 saturated heterocycles. The molecule has 0 atom stereocenters. The minimum absolute atomic E-state index is 0.191. The van der Waals surface area contributed by atoms with Crippen molar-refractivity contribution in [2.45, 2.75) is 6.42 Å². The van der Waals surface area contributed by atoms with E-state index in [9.17, 15) is 4.39 Å². The van der Waals surface area contributed by atoms with Crippen molar-refractivity contribution < 1.29 is 4.39 Å². The van der Waals surface area contributed by atoms with Crippen LogP contribution in [0.4, 0.5) is 4.39 Å². The fraction of sp³-hybridized carbons (Fsp3) is 1.00. The standard InChI is InChI=1S/C7H16FNS/c1-9(5-3-4-8)6-7-10-2/h3-7H2,1-2H3. The molecule has 0 aliphatic heterocycles. The summed E-state index contributed by atoms with van der Waals surface area (Å²) in [6.07, 6.45) is 2.76. The van der Waals surface area contributed by atoms with E-state index in [1.165, 1.54) is 0 Å². The SMILES string of the molecule is CSCCN(C)CCCF. The summed E-state index contributed by atoms with van der Waals surface area (Å²) in [5, 5.41) is 0. The molecule has 0 saturated carbocycles. The Morgan fingerprint density at radius 3 is 2.60 bits per heavy atom. The zero-order chi connectivity index (χ0) is 7.82. The Hall–Kier alpha value is 0.240. The van der Waals surface area contributed by atoms with Crippen LogP contribution in [0.3, 0.4) is 0 Å². The van der Waals surface area contributed by atoms with Gasteiger partial charge >= 0.3 is 0 Å². The normalized spacial score (nSPS) is 10.8. The molecule has 0 unspecified atom stereocenters. The molecule has 0 aliphatic rings. The summed E-state index contributed by atoms with van der Waals surface area (Å²) in [5.74, 6) is 1.14. The lowest BCUT2D eigenvalue weighted by Gasteiger charge is -2.13. The van der Waals surface area contributed by atoms with Gasteiger partial charge in [-0.2, -0.15) is 11.8 Å². The van der Waals surface area contributed by atoms with Gasteiger partial charge in [0.2, 0.25) is 0 Å². The van der Waals surface area contributed by atoms with Gasteiger partial charge in [-0.15, -0.1) is 0 Å². The summed E-state index contributed by atoms with van der Waals surface area (Å²) in [6, 6.07) is 0. The smallest absolute Gasteiger partial charge is 0.0906 e. The Kier molecular flexibility index (Phi) is 7.52. The lowest BCUT2D eigenvalue weighted by molar-refractivity contribution is 0.325. The summed E-state index contributed by atoms with van der Waals surface area (Å²) in [7, 11) is 2.03. The first-order chi connectivity index (χ1) is 4.81. The van der Waals surface area contributed by atoms with Crippen LogP contribution in [0.15, 0.2) is 0 Å². The molecule has 0 aliphatic carbocycles. The average molecular weight is 165 g/mol. The fourth-order valence-electron chi connectivity index (χ4n) is 0.689. The van der Waals surface area contributed by atoms with E-state index >= 15 is 0 Å². The van der Waals surface area contributed by atoms with Crippen LogP contribution in [0.1, 0.15) is 6.42 Å². The van der Waals surface area contributed by atoms with Gasteiger partial charge in [0.25, 0.3) is 0 Å². The second kappa shape index (κ2) is 7.35. The third-order valence-electron chi connectivity index (χ3n) is 1.35. The Morgan fingerprint density at radius 1 is 1.40 bits per heavy atom. The number of thioether (sulfide) groups is 1. The summed E-state index contributed by atoms with van der Waals surface area (Å²) >= 11 is 1.83. The van der Waals surface area contributed by atoms with E-state index in [4.69, 9.17) is 0 Å². The highest BCUT2D eigenvalue weighted by Gasteiger charge is 1.95. The first kappa shape index (κ1) is 10.2. The van der Waals surface area contributed by atoms with E-state index in [-0.39, 0.29) is 6.67 Å². The molecule has 0 heterocycles. The van der Waals surface area contributed by atoms with Crippen LogP contribution in [-0.4, -0.2) is 43.7 Å². The maximum Gasteiger partial charge on any atom is 0.0906 e. The van der Waals surface area contributed by atoms with Crippen LogP contribution in [0.5, 0.6) is 0 Å². The third-order valence-corrected chi connectivity index (χ3v) is 1.94. The molecule has 0 radical (unpaired) electrons. The minimum atomic E-state index is -0.191. The summed E-state index contributed by atoms with van der Waals surface area (Å²) in [4.78, 5) is 2.16. The molecule has 3 heteroatoms. The molecular formula is C7H16FNS. The minimum Gasteiger partial charge on any atom is -0.305 e. The van der Waals surface area contributed by atoms with Crippen LogP contribution in [0.2, 0.25) is 0 Å². The zero-order valence-electron chi connectivity index (χ0n) is 6.77. The maximum atomic E-state index is 11.6. The van der Waals surface area contributed by atoms with E-state index in [2.05, 4.69) is 11.2 Å². The number of nitrogens with zero attached hydrogens (tertiary/aromatic N) is 1. The number of halogens is 1. The summed E-state index contributed by atoms with van der Waals surface area (Å²) < 4.78 is 11.6. The number of alkyl halides is 1. The quantitative estimate of drug-likeness (QED) is 0.588. The highest BCUT2D eigenvalue weighted by atomic mass is 32.2. The monoisotopic (exact) mass is 165 g/mol. The van der Waals surface area contributed by atoms with Crippen molar-refractivity contribution in [2.75, 3.05) is 38.8 Å². The van der Waals surface area contributed by atoms with Crippen LogP contribution < -0.4 is 0 Å². The van der Waals surface area contributed by atoms with Crippen LogP contribution >= 0.6 is 11.8 Å². The Labute approximate surface area is 67.0 Å². The predicted molar refractivity (Wildman–Crippen MR) is 46.5 cm³/mol. The van der Waals surface area contributed by atoms with Gasteiger partial charge in [-0.25, -0.2) is 0 Å². The Balaban J connectivity index is 3.00.